The van der Waals surface area contributed by atoms with Gasteiger partial charge in [-0.3, -0.25) is 9.59 Å². The van der Waals surface area contributed by atoms with Crippen LogP contribution in [0.3, 0.4) is 0 Å². The Balaban J connectivity index is 2.52. The number of benzene rings is 1. The van der Waals surface area contributed by atoms with E-state index >= 15 is 0 Å². The predicted molar refractivity (Wildman–Crippen MR) is 122 cm³/mol. The second kappa shape index (κ2) is 15.4. The Hall–Kier alpha value is -2.45. The van der Waals surface area contributed by atoms with Crippen molar-refractivity contribution in [1.82, 2.24) is 20.9 Å². The lowest BCUT2D eigenvalue weighted by Gasteiger charge is -2.27. The smallest absolute Gasteiger partial charge is 0.240 e. The van der Waals surface area contributed by atoms with Crippen LogP contribution in [0, 0.1) is 5.92 Å². The van der Waals surface area contributed by atoms with Crippen LogP contribution in [0.2, 0.25) is 0 Å². The number of likely N-dealkylation sites (N-methyl/N-ethyl adjacent to an activating group) is 2. The Kier molecular flexibility index (Phi) is 13.2. The first kappa shape index (κ1) is 26.6. The monoisotopic (exact) mass is 434 g/mol. The van der Waals surface area contributed by atoms with Crippen molar-refractivity contribution in [2.75, 3.05) is 46.9 Å². The number of ether oxygens (including phenoxy) is 1. The molecule has 8 nitrogen and oxygen atoms in total. The minimum Gasteiger partial charge on any atom is -0.492 e. The number of rotatable bonds is 16. The van der Waals surface area contributed by atoms with Gasteiger partial charge in [-0.15, -0.1) is 0 Å². The second-order valence-electron chi connectivity index (χ2n) is 7.64. The van der Waals surface area contributed by atoms with Crippen LogP contribution in [0.15, 0.2) is 24.3 Å². The highest BCUT2D eigenvalue weighted by Gasteiger charge is 2.26. The van der Waals surface area contributed by atoms with Crippen molar-refractivity contribution in [3.05, 3.63) is 29.8 Å². The van der Waals surface area contributed by atoms with E-state index in [0.29, 0.717) is 26.2 Å². The molecule has 1 rings (SSSR count). The van der Waals surface area contributed by atoms with E-state index < -0.39 is 0 Å². The molecule has 0 aliphatic heterocycles. The Morgan fingerprint density at radius 1 is 1.23 bits per heavy atom. The van der Waals surface area contributed by atoms with Crippen molar-refractivity contribution < 1.29 is 19.1 Å². The van der Waals surface area contributed by atoms with Gasteiger partial charge in [0.15, 0.2) is 0 Å². The summed E-state index contributed by atoms with van der Waals surface area (Å²) in [7, 11) is 3.38. The molecule has 31 heavy (non-hydrogen) atoms. The highest BCUT2D eigenvalue weighted by atomic mass is 16.5. The normalized spacial score (nSPS) is 12.6. The van der Waals surface area contributed by atoms with E-state index in [4.69, 9.17) is 4.74 Å². The lowest BCUT2D eigenvalue weighted by Crippen LogP contribution is -2.50. The fourth-order valence-corrected chi connectivity index (χ4v) is 3.16. The van der Waals surface area contributed by atoms with Crippen LogP contribution >= 0.6 is 0 Å². The van der Waals surface area contributed by atoms with Gasteiger partial charge in [-0.25, -0.2) is 0 Å². The molecule has 0 saturated heterocycles. The van der Waals surface area contributed by atoms with Gasteiger partial charge in [0.05, 0.1) is 19.1 Å². The number of hydrogen-bond acceptors (Lipinski definition) is 6. The molecule has 1 aromatic carbocycles. The Labute approximate surface area is 186 Å². The van der Waals surface area contributed by atoms with Crippen molar-refractivity contribution in [2.24, 2.45) is 5.92 Å². The topological polar surface area (TPSA) is 99.8 Å². The first-order valence-corrected chi connectivity index (χ1v) is 11.0. The average Bonchev–Trinajstić information content (AvgIpc) is 2.77. The van der Waals surface area contributed by atoms with Crippen LogP contribution in [-0.2, 0) is 20.8 Å². The van der Waals surface area contributed by atoms with E-state index in [1.807, 2.05) is 38.1 Å². The summed E-state index contributed by atoms with van der Waals surface area (Å²) in [5, 5.41) is 8.99. The number of aryl methyl sites for hydroxylation is 1. The molecule has 8 heteroatoms. The zero-order valence-electron chi connectivity index (χ0n) is 19.3. The van der Waals surface area contributed by atoms with E-state index in [2.05, 4.69) is 16.0 Å². The van der Waals surface area contributed by atoms with Crippen molar-refractivity contribution >= 4 is 18.1 Å². The number of hydrogen-bond donors (Lipinski definition) is 3. The molecule has 0 aliphatic rings. The Morgan fingerprint density at radius 2 is 1.97 bits per heavy atom. The van der Waals surface area contributed by atoms with Gasteiger partial charge in [0, 0.05) is 20.1 Å². The van der Waals surface area contributed by atoms with Gasteiger partial charge >= 0.3 is 0 Å². The average molecular weight is 435 g/mol. The molecular formula is C23H38N4O4. The molecule has 0 heterocycles. The van der Waals surface area contributed by atoms with Gasteiger partial charge in [-0.05, 0) is 37.4 Å². The highest BCUT2D eigenvalue weighted by Crippen LogP contribution is 2.19. The lowest BCUT2D eigenvalue weighted by atomic mass is 9.98. The molecule has 0 bridgehead atoms. The fourth-order valence-electron chi connectivity index (χ4n) is 3.16. The quantitative estimate of drug-likeness (QED) is 0.265. The molecule has 0 aromatic heterocycles. The van der Waals surface area contributed by atoms with E-state index in [9.17, 15) is 14.4 Å². The summed E-state index contributed by atoms with van der Waals surface area (Å²) in [6.45, 7) is 6.03. The van der Waals surface area contributed by atoms with Crippen molar-refractivity contribution in [1.29, 1.82) is 0 Å². The summed E-state index contributed by atoms with van der Waals surface area (Å²) in [5.74, 6) is 0.867. The molecule has 0 radical (unpaired) electrons. The molecule has 0 saturated carbocycles. The van der Waals surface area contributed by atoms with Crippen molar-refractivity contribution in [2.45, 2.75) is 39.2 Å². The number of nitrogens with one attached hydrogen (secondary N) is 3. The van der Waals surface area contributed by atoms with E-state index in [0.717, 1.165) is 36.9 Å². The Morgan fingerprint density at radius 3 is 2.65 bits per heavy atom. The number of amides is 2. The molecule has 0 aliphatic carbocycles. The Bertz CT molecular complexity index is 683. The van der Waals surface area contributed by atoms with Crippen molar-refractivity contribution in [3.63, 3.8) is 0 Å². The maximum absolute atomic E-state index is 12.6. The largest absolute Gasteiger partial charge is 0.492 e. The van der Waals surface area contributed by atoms with Crippen LogP contribution in [0.25, 0.3) is 0 Å². The minimum absolute atomic E-state index is 0.0118. The van der Waals surface area contributed by atoms with E-state index in [1.165, 1.54) is 4.90 Å². The maximum Gasteiger partial charge on any atom is 0.240 e. The first-order valence-electron chi connectivity index (χ1n) is 11.0. The predicted octanol–water partition coefficient (Wildman–Crippen LogP) is 0.995. The van der Waals surface area contributed by atoms with Crippen LogP contribution < -0.4 is 20.7 Å². The van der Waals surface area contributed by atoms with Crippen molar-refractivity contribution in [3.8, 4) is 5.75 Å². The fraction of sp³-hybridized carbons (Fsp3) is 0.609. The van der Waals surface area contributed by atoms with Crippen LogP contribution in [0.5, 0.6) is 5.75 Å². The van der Waals surface area contributed by atoms with E-state index in [1.54, 1.807) is 14.1 Å². The van der Waals surface area contributed by atoms with Gasteiger partial charge in [0.25, 0.3) is 0 Å². The molecule has 2 unspecified atom stereocenters. The lowest BCUT2D eigenvalue weighted by molar-refractivity contribution is -0.135. The van der Waals surface area contributed by atoms with Crippen LogP contribution in [-0.4, -0.2) is 75.9 Å². The summed E-state index contributed by atoms with van der Waals surface area (Å²) in [6.07, 6.45) is 3.21. The summed E-state index contributed by atoms with van der Waals surface area (Å²) >= 11 is 0. The van der Waals surface area contributed by atoms with Gasteiger partial charge in [0.1, 0.15) is 18.6 Å². The second-order valence-corrected chi connectivity index (χ2v) is 7.64. The van der Waals surface area contributed by atoms with Crippen LogP contribution in [0.4, 0.5) is 0 Å². The summed E-state index contributed by atoms with van der Waals surface area (Å²) in [6, 6.07) is 7.51. The first-order chi connectivity index (χ1) is 14.9. The third-order valence-electron chi connectivity index (χ3n) is 5.18. The van der Waals surface area contributed by atoms with Gasteiger partial charge in [-0.1, -0.05) is 38.5 Å². The number of carbonyl (C=O) groups is 3. The molecule has 2 atom stereocenters. The number of para-hydroxylation sites is 1. The van der Waals surface area contributed by atoms with Gasteiger partial charge in [-0.2, -0.15) is 0 Å². The zero-order chi connectivity index (χ0) is 23.1. The molecular weight excluding hydrogens is 396 g/mol. The number of carbonyl (C=O) groups excluding carboxylic acids is 3. The van der Waals surface area contributed by atoms with Gasteiger partial charge in [0.2, 0.25) is 11.8 Å². The SMILES string of the molecule is CCC(C)C(NCCOc1ccccc1CCCNC(=O)CNC)C(=O)N(C)CC=O. The summed E-state index contributed by atoms with van der Waals surface area (Å²) < 4.78 is 5.96. The number of aldehydes is 1. The van der Waals surface area contributed by atoms with Gasteiger partial charge < -0.3 is 30.4 Å². The molecule has 0 fully saturated rings. The van der Waals surface area contributed by atoms with Crippen LogP contribution in [0.1, 0.15) is 32.3 Å². The number of nitrogens with zero attached hydrogens (tertiary/aromatic N) is 1. The zero-order valence-corrected chi connectivity index (χ0v) is 19.3. The standard InChI is InChI=1S/C23H38N4O4/c1-5-18(2)22(23(30)27(4)14-15-28)26-13-16-31-20-11-7-6-9-19(20)10-8-12-25-21(29)17-24-3/h6-7,9,11,15,18,22,24,26H,5,8,10,12-14,16-17H2,1-4H3,(H,25,29). The third-order valence-corrected chi connectivity index (χ3v) is 5.18. The van der Waals surface area contributed by atoms with E-state index in [-0.39, 0.29) is 30.3 Å². The maximum atomic E-state index is 12.6. The molecule has 0 spiro atoms. The third kappa shape index (κ3) is 9.93. The molecule has 174 valence electrons. The molecule has 1 aromatic rings. The summed E-state index contributed by atoms with van der Waals surface area (Å²) in [4.78, 5) is 36.3. The highest BCUT2D eigenvalue weighted by molar-refractivity contribution is 5.83. The summed E-state index contributed by atoms with van der Waals surface area (Å²) in [5.41, 5.74) is 1.09. The molecule has 2 amide bonds. The minimum atomic E-state index is -0.352. The molecule has 3 N–H and O–H groups in total.